The maximum absolute atomic E-state index is 14.6. The zero-order valence-corrected chi connectivity index (χ0v) is 17.9. The average molecular weight is 457 g/mol. The number of benzene rings is 3. The first-order valence-electron chi connectivity index (χ1n) is 10.0. The zero-order valence-electron chi connectivity index (χ0n) is 17.1. The summed E-state index contributed by atoms with van der Waals surface area (Å²) >= 11 is 6.25. The van der Waals surface area contributed by atoms with Crippen molar-refractivity contribution in [3.05, 3.63) is 106 Å². The molecule has 0 spiro atoms. The Morgan fingerprint density at radius 1 is 0.970 bits per heavy atom. The number of hydrogen-bond donors (Lipinski definition) is 1. The van der Waals surface area contributed by atoms with E-state index in [1.807, 2.05) is 24.3 Å². The molecule has 33 heavy (non-hydrogen) atoms. The van der Waals surface area contributed by atoms with Crippen LogP contribution in [0.3, 0.4) is 0 Å². The molecule has 0 fully saturated rings. The maximum Gasteiger partial charge on any atom is 0.227 e. The van der Waals surface area contributed by atoms with Crippen LogP contribution in [0, 0.1) is 24.0 Å². The van der Waals surface area contributed by atoms with Crippen LogP contribution in [0.4, 0.5) is 20.4 Å². The van der Waals surface area contributed by atoms with E-state index in [4.69, 9.17) is 18.0 Å². The molecule has 0 saturated heterocycles. The van der Waals surface area contributed by atoms with Crippen LogP contribution in [-0.2, 0) is 6.54 Å². The Labute approximate surface area is 194 Å². The topological polar surface area (TPSA) is 50.2 Å². The molecule has 0 atom stereocenters. The van der Waals surface area contributed by atoms with Gasteiger partial charge in [-0.15, -0.1) is 6.42 Å². The molecular formula is C26H15ClF2N4. The molecule has 0 unspecified atom stereocenters. The minimum Gasteiger partial charge on any atom is -0.324 e. The smallest absolute Gasteiger partial charge is 0.227 e. The van der Waals surface area contributed by atoms with Crippen LogP contribution in [0.25, 0.3) is 11.3 Å². The van der Waals surface area contributed by atoms with Crippen molar-refractivity contribution in [1.82, 2.24) is 9.97 Å². The third kappa shape index (κ3) is 3.95. The summed E-state index contributed by atoms with van der Waals surface area (Å²) in [4.78, 5) is 13.6. The van der Waals surface area contributed by atoms with Crippen LogP contribution < -0.4 is 5.32 Å². The first kappa shape index (κ1) is 20.8. The normalized spacial score (nSPS) is 12.1. The van der Waals surface area contributed by atoms with Gasteiger partial charge < -0.3 is 5.32 Å². The quantitative estimate of drug-likeness (QED) is 0.376. The van der Waals surface area contributed by atoms with Gasteiger partial charge in [-0.1, -0.05) is 29.7 Å². The third-order valence-electron chi connectivity index (χ3n) is 5.27. The Bertz CT molecular complexity index is 1440. The van der Waals surface area contributed by atoms with Crippen molar-refractivity contribution in [2.75, 3.05) is 5.32 Å². The number of hydrogen-bond acceptors (Lipinski definition) is 4. The van der Waals surface area contributed by atoms with Gasteiger partial charge in [0.1, 0.15) is 11.6 Å². The SMILES string of the molecule is C#Cc1ccc(Nc2ncc3c(n2)-c2ccc(Cl)cc2C(c2c(F)cccc2F)=NC3)cc1. The summed E-state index contributed by atoms with van der Waals surface area (Å²) in [6.07, 6.45) is 7.06. The van der Waals surface area contributed by atoms with Gasteiger partial charge in [-0.05, 0) is 48.5 Å². The van der Waals surface area contributed by atoms with Crippen LogP contribution in [0.1, 0.15) is 22.3 Å². The van der Waals surface area contributed by atoms with Crippen molar-refractivity contribution in [2.45, 2.75) is 6.54 Å². The van der Waals surface area contributed by atoms with Crippen LogP contribution in [0.5, 0.6) is 0 Å². The molecule has 4 nitrogen and oxygen atoms in total. The molecule has 160 valence electrons. The number of anilines is 2. The summed E-state index contributed by atoms with van der Waals surface area (Å²) in [5, 5.41) is 3.57. The van der Waals surface area contributed by atoms with Gasteiger partial charge in [-0.3, -0.25) is 4.99 Å². The van der Waals surface area contributed by atoms with Gasteiger partial charge in [-0.2, -0.15) is 0 Å². The second-order valence-corrected chi connectivity index (χ2v) is 7.80. The molecule has 7 heteroatoms. The molecule has 0 saturated carbocycles. The van der Waals surface area contributed by atoms with E-state index in [9.17, 15) is 8.78 Å². The fourth-order valence-corrected chi connectivity index (χ4v) is 3.87. The van der Waals surface area contributed by atoms with E-state index in [1.54, 1.807) is 24.4 Å². The van der Waals surface area contributed by atoms with Gasteiger partial charge in [0, 0.05) is 39.2 Å². The van der Waals surface area contributed by atoms with Crippen LogP contribution in [0.15, 0.2) is 71.9 Å². The van der Waals surface area contributed by atoms with Crippen molar-refractivity contribution in [2.24, 2.45) is 4.99 Å². The van der Waals surface area contributed by atoms with Crippen molar-refractivity contribution in [3.8, 4) is 23.6 Å². The highest BCUT2D eigenvalue weighted by Crippen LogP contribution is 2.34. The Morgan fingerprint density at radius 2 is 1.73 bits per heavy atom. The summed E-state index contributed by atoms with van der Waals surface area (Å²) < 4.78 is 29.3. The lowest BCUT2D eigenvalue weighted by molar-refractivity contribution is 0.579. The predicted molar refractivity (Wildman–Crippen MR) is 126 cm³/mol. The van der Waals surface area contributed by atoms with E-state index >= 15 is 0 Å². The molecule has 1 aromatic heterocycles. The maximum atomic E-state index is 14.6. The van der Waals surface area contributed by atoms with E-state index in [0.29, 0.717) is 27.8 Å². The minimum atomic E-state index is -0.700. The highest BCUT2D eigenvalue weighted by atomic mass is 35.5. The largest absolute Gasteiger partial charge is 0.324 e. The minimum absolute atomic E-state index is 0.155. The molecule has 0 amide bonds. The van der Waals surface area contributed by atoms with Crippen molar-refractivity contribution < 1.29 is 8.78 Å². The highest BCUT2D eigenvalue weighted by molar-refractivity contribution is 6.31. The second kappa shape index (κ2) is 8.45. The summed E-state index contributed by atoms with van der Waals surface area (Å²) in [5.74, 6) is 1.54. The van der Waals surface area contributed by atoms with E-state index in [0.717, 1.165) is 16.8 Å². The molecule has 4 aromatic rings. The molecule has 1 aliphatic rings. The number of nitrogens with zero attached hydrogens (tertiary/aromatic N) is 3. The number of halogens is 3. The first-order valence-corrected chi connectivity index (χ1v) is 10.4. The summed E-state index contributed by atoms with van der Waals surface area (Å²) in [5.41, 5.74) is 3.99. The monoisotopic (exact) mass is 456 g/mol. The van der Waals surface area contributed by atoms with Gasteiger partial charge in [-0.25, -0.2) is 18.7 Å². The van der Waals surface area contributed by atoms with E-state index in [1.165, 1.54) is 18.2 Å². The Hall–Kier alpha value is -4.08. The lowest BCUT2D eigenvalue weighted by atomic mass is 9.95. The summed E-state index contributed by atoms with van der Waals surface area (Å²) in [7, 11) is 0. The van der Waals surface area contributed by atoms with Crippen LogP contribution >= 0.6 is 11.6 Å². The number of aliphatic imine (C=N–C) groups is 1. The predicted octanol–water partition coefficient (Wildman–Crippen LogP) is 6.15. The molecule has 0 radical (unpaired) electrons. The molecule has 2 heterocycles. The lowest BCUT2D eigenvalue weighted by Crippen LogP contribution is -2.10. The third-order valence-corrected chi connectivity index (χ3v) is 5.51. The Morgan fingerprint density at radius 3 is 2.45 bits per heavy atom. The van der Waals surface area contributed by atoms with Crippen molar-refractivity contribution in [3.63, 3.8) is 0 Å². The van der Waals surface area contributed by atoms with E-state index in [2.05, 4.69) is 26.2 Å². The van der Waals surface area contributed by atoms with E-state index < -0.39 is 11.6 Å². The average Bonchev–Trinajstić information content (AvgIpc) is 2.96. The number of terminal acetylenes is 1. The fourth-order valence-electron chi connectivity index (χ4n) is 3.70. The van der Waals surface area contributed by atoms with Gasteiger partial charge in [0.15, 0.2) is 0 Å². The van der Waals surface area contributed by atoms with Crippen LogP contribution in [-0.4, -0.2) is 15.7 Å². The number of nitrogens with one attached hydrogen (secondary N) is 1. The molecule has 3 aromatic carbocycles. The van der Waals surface area contributed by atoms with Crippen molar-refractivity contribution >= 4 is 28.9 Å². The Balaban J connectivity index is 1.62. The number of fused-ring (bicyclic) bond motifs is 3. The van der Waals surface area contributed by atoms with Crippen molar-refractivity contribution in [1.29, 1.82) is 0 Å². The molecule has 0 aliphatic carbocycles. The molecule has 5 rings (SSSR count). The lowest BCUT2D eigenvalue weighted by Gasteiger charge is -2.13. The molecular weight excluding hydrogens is 442 g/mol. The van der Waals surface area contributed by atoms with Gasteiger partial charge in [0.25, 0.3) is 0 Å². The van der Waals surface area contributed by atoms with Gasteiger partial charge in [0.05, 0.1) is 23.5 Å². The number of rotatable bonds is 3. The second-order valence-electron chi connectivity index (χ2n) is 7.37. The number of aromatic nitrogens is 2. The zero-order chi connectivity index (χ0) is 22.9. The standard InChI is InChI=1S/C26H15ClF2N4/c1-2-15-6-9-18(10-7-15)32-26-31-14-16-13-30-25(23-21(28)4-3-5-22(23)29)20-12-17(27)8-11-19(20)24(16)33-26/h1,3-12,14H,13H2,(H,31,32,33). The fraction of sp³-hybridized carbons (Fsp3) is 0.0385. The van der Waals surface area contributed by atoms with E-state index in [-0.39, 0.29) is 17.8 Å². The van der Waals surface area contributed by atoms with Crippen LogP contribution in [0.2, 0.25) is 5.02 Å². The first-order chi connectivity index (χ1) is 16.0. The molecule has 1 N–H and O–H groups in total. The molecule has 0 bridgehead atoms. The summed E-state index contributed by atoms with van der Waals surface area (Å²) in [6, 6.07) is 16.1. The Kier molecular flexibility index (Phi) is 5.33. The molecule has 1 aliphatic heterocycles. The highest BCUT2D eigenvalue weighted by Gasteiger charge is 2.25. The van der Waals surface area contributed by atoms with Gasteiger partial charge >= 0.3 is 0 Å². The van der Waals surface area contributed by atoms with Gasteiger partial charge in [0.2, 0.25) is 5.95 Å². The summed E-state index contributed by atoms with van der Waals surface area (Å²) in [6.45, 7) is 0.155.